The molecule has 13 heavy (non-hydrogen) atoms. The second-order valence-electron chi connectivity index (χ2n) is 3.77. The summed E-state index contributed by atoms with van der Waals surface area (Å²) in [6.07, 6.45) is 2.12. The molecule has 0 amide bonds. The molecule has 0 heterocycles. The molecule has 0 aromatic rings. The minimum atomic E-state index is -0.265. The molecule has 0 aromatic heterocycles. The van der Waals surface area contributed by atoms with Crippen LogP contribution in [0.15, 0.2) is 0 Å². The predicted molar refractivity (Wildman–Crippen MR) is 56.9 cm³/mol. The molecule has 0 aliphatic rings. The Hall–Kier alpha value is -0.120. The van der Waals surface area contributed by atoms with Crippen molar-refractivity contribution in [2.45, 2.75) is 45.8 Å². The molecule has 0 spiro atoms. The quantitative estimate of drug-likeness (QED) is 0.492. The van der Waals surface area contributed by atoms with Crippen LogP contribution in [0.1, 0.15) is 33.6 Å². The van der Waals surface area contributed by atoms with Gasteiger partial charge < -0.3 is 15.7 Å². The lowest BCUT2D eigenvalue weighted by Gasteiger charge is -2.14. The first-order chi connectivity index (χ1) is 6.16. The summed E-state index contributed by atoms with van der Waals surface area (Å²) in [5, 5.41) is 15.9. The van der Waals surface area contributed by atoms with Crippen LogP contribution < -0.4 is 10.6 Å². The van der Waals surface area contributed by atoms with E-state index < -0.39 is 0 Å². The van der Waals surface area contributed by atoms with E-state index in [1.54, 1.807) is 0 Å². The van der Waals surface area contributed by atoms with Crippen LogP contribution in [0.4, 0.5) is 0 Å². The van der Waals surface area contributed by atoms with Crippen LogP contribution in [-0.4, -0.2) is 36.9 Å². The van der Waals surface area contributed by atoms with E-state index in [4.69, 9.17) is 0 Å². The summed E-state index contributed by atoms with van der Waals surface area (Å²) in [7, 11) is 0. The van der Waals surface area contributed by atoms with E-state index in [0.717, 1.165) is 6.54 Å². The molecule has 0 bridgehead atoms. The van der Waals surface area contributed by atoms with Gasteiger partial charge in [-0.15, -0.1) is 0 Å². The number of hydrogen-bond acceptors (Lipinski definition) is 3. The fraction of sp³-hybridized carbons (Fsp3) is 1.00. The molecular weight excluding hydrogens is 164 g/mol. The molecule has 0 saturated carbocycles. The van der Waals surface area contributed by atoms with Crippen LogP contribution in [-0.2, 0) is 0 Å². The average molecular weight is 188 g/mol. The maximum Gasteiger partial charge on any atom is 0.0788 e. The van der Waals surface area contributed by atoms with Gasteiger partial charge in [0.1, 0.15) is 0 Å². The van der Waals surface area contributed by atoms with Crippen molar-refractivity contribution in [1.82, 2.24) is 10.6 Å². The second kappa shape index (κ2) is 8.48. The van der Waals surface area contributed by atoms with Gasteiger partial charge in [-0.3, -0.25) is 0 Å². The first kappa shape index (κ1) is 12.9. The highest BCUT2D eigenvalue weighted by atomic mass is 16.3. The Balaban J connectivity index is 3.15. The van der Waals surface area contributed by atoms with Crippen molar-refractivity contribution < 1.29 is 5.11 Å². The van der Waals surface area contributed by atoms with Gasteiger partial charge in [0.2, 0.25) is 0 Å². The zero-order chi connectivity index (χ0) is 10.1. The third kappa shape index (κ3) is 9.80. The van der Waals surface area contributed by atoms with Crippen molar-refractivity contribution in [1.29, 1.82) is 0 Å². The molecule has 0 fully saturated rings. The van der Waals surface area contributed by atoms with Gasteiger partial charge in [-0.1, -0.05) is 27.2 Å². The minimum Gasteiger partial charge on any atom is -0.390 e. The summed E-state index contributed by atoms with van der Waals surface area (Å²) < 4.78 is 0. The zero-order valence-corrected chi connectivity index (χ0v) is 9.14. The number of rotatable bonds is 8. The van der Waals surface area contributed by atoms with Gasteiger partial charge in [-0.05, 0) is 13.0 Å². The highest BCUT2D eigenvalue weighted by Crippen LogP contribution is 1.85. The molecule has 1 unspecified atom stereocenters. The van der Waals surface area contributed by atoms with Crippen LogP contribution in [0, 0.1) is 0 Å². The van der Waals surface area contributed by atoms with Crippen molar-refractivity contribution in [3.8, 4) is 0 Å². The molecule has 0 aromatic carbocycles. The van der Waals surface area contributed by atoms with Crippen molar-refractivity contribution in [2.24, 2.45) is 0 Å². The molecule has 0 rings (SSSR count). The van der Waals surface area contributed by atoms with Crippen LogP contribution in [0.25, 0.3) is 0 Å². The molecular formula is C10H24N2O. The first-order valence-electron chi connectivity index (χ1n) is 5.29. The van der Waals surface area contributed by atoms with Crippen molar-refractivity contribution in [3.63, 3.8) is 0 Å². The van der Waals surface area contributed by atoms with Crippen molar-refractivity contribution in [2.75, 3.05) is 19.6 Å². The smallest absolute Gasteiger partial charge is 0.0788 e. The number of aliphatic hydroxyl groups excluding tert-OH is 1. The summed E-state index contributed by atoms with van der Waals surface area (Å²) in [5.41, 5.74) is 0. The lowest BCUT2D eigenvalue weighted by molar-refractivity contribution is 0.166. The van der Waals surface area contributed by atoms with Crippen LogP contribution in [0.3, 0.4) is 0 Å². The Morgan fingerprint density at radius 3 is 2.46 bits per heavy atom. The van der Waals surface area contributed by atoms with E-state index >= 15 is 0 Å². The molecule has 0 saturated heterocycles. The average Bonchev–Trinajstić information content (AvgIpc) is 2.09. The van der Waals surface area contributed by atoms with Crippen molar-refractivity contribution in [3.05, 3.63) is 0 Å². The molecule has 80 valence electrons. The highest BCUT2D eigenvalue weighted by Gasteiger charge is 2.02. The van der Waals surface area contributed by atoms with Crippen LogP contribution in [0.5, 0.6) is 0 Å². The van der Waals surface area contributed by atoms with Crippen LogP contribution >= 0.6 is 0 Å². The maximum atomic E-state index is 9.47. The summed E-state index contributed by atoms with van der Waals surface area (Å²) in [6.45, 7) is 8.71. The fourth-order valence-electron chi connectivity index (χ4n) is 1.01. The molecule has 3 N–H and O–H groups in total. The van der Waals surface area contributed by atoms with E-state index in [0.29, 0.717) is 19.1 Å². The third-order valence-electron chi connectivity index (χ3n) is 1.85. The van der Waals surface area contributed by atoms with Crippen LogP contribution in [0.2, 0.25) is 0 Å². The van der Waals surface area contributed by atoms with E-state index in [9.17, 15) is 5.11 Å². The van der Waals surface area contributed by atoms with Gasteiger partial charge >= 0.3 is 0 Å². The van der Waals surface area contributed by atoms with Gasteiger partial charge in [0.25, 0.3) is 0 Å². The van der Waals surface area contributed by atoms with E-state index in [1.165, 1.54) is 12.8 Å². The number of nitrogens with one attached hydrogen (secondary N) is 2. The summed E-state index contributed by atoms with van der Waals surface area (Å²) in [5.74, 6) is 0. The number of aliphatic hydroxyl groups is 1. The molecule has 3 nitrogen and oxygen atoms in total. The molecule has 0 aliphatic carbocycles. The first-order valence-corrected chi connectivity index (χ1v) is 5.29. The molecule has 0 radical (unpaired) electrons. The Kier molecular flexibility index (Phi) is 8.40. The van der Waals surface area contributed by atoms with E-state index in [1.807, 2.05) is 0 Å². The summed E-state index contributed by atoms with van der Waals surface area (Å²) >= 11 is 0. The van der Waals surface area contributed by atoms with Gasteiger partial charge in [0.05, 0.1) is 6.10 Å². The Labute approximate surface area is 81.9 Å². The van der Waals surface area contributed by atoms with E-state index in [2.05, 4.69) is 31.4 Å². The normalized spacial score (nSPS) is 13.6. The van der Waals surface area contributed by atoms with Gasteiger partial charge in [-0.2, -0.15) is 0 Å². The third-order valence-corrected chi connectivity index (χ3v) is 1.85. The highest BCUT2D eigenvalue weighted by molar-refractivity contribution is 4.64. The lowest BCUT2D eigenvalue weighted by Crippen LogP contribution is -2.38. The Bertz CT molecular complexity index is 107. The topological polar surface area (TPSA) is 44.3 Å². The minimum absolute atomic E-state index is 0.265. The van der Waals surface area contributed by atoms with Crippen molar-refractivity contribution >= 4 is 0 Å². The molecule has 1 atom stereocenters. The van der Waals surface area contributed by atoms with Gasteiger partial charge in [0, 0.05) is 19.1 Å². The SMILES string of the molecule is CCCCNCC(O)CNC(C)C. The zero-order valence-electron chi connectivity index (χ0n) is 9.14. The Morgan fingerprint density at radius 1 is 1.23 bits per heavy atom. The lowest BCUT2D eigenvalue weighted by atomic mass is 10.3. The summed E-state index contributed by atoms with van der Waals surface area (Å²) in [4.78, 5) is 0. The summed E-state index contributed by atoms with van der Waals surface area (Å²) in [6, 6.07) is 0.449. The van der Waals surface area contributed by atoms with Gasteiger partial charge in [-0.25, -0.2) is 0 Å². The monoisotopic (exact) mass is 188 g/mol. The largest absolute Gasteiger partial charge is 0.390 e. The second-order valence-corrected chi connectivity index (χ2v) is 3.77. The number of unbranched alkanes of at least 4 members (excludes halogenated alkanes) is 1. The predicted octanol–water partition coefficient (Wildman–Crippen LogP) is 0.735. The fourth-order valence-corrected chi connectivity index (χ4v) is 1.01. The number of hydrogen-bond donors (Lipinski definition) is 3. The standard InChI is InChI=1S/C10H24N2O/c1-4-5-6-11-7-10(13)8-12-9(2)3/h9-13H,4-8H2,1-3H3. The Morgan fingerprint density at radius 2 is 1.92 bits per heavy atom. The van der Waals surface area contributed by atoms with E-state index in [-0.39, 0.29) is 6.10 Å². The van der Waals surface area contributed by atoms with Gasteiger partial charge in [0.15, 0.2) is 0 Å². The molecule has 0 aliphatic heterocycles. The molecule has 3 heteroatoms. The maximum absolute atomic E-state index is 9.47.